The number of hydrogen-bond donors (Lipinski definition) is 0. The minimum absolute atomic E-state index is 0.00897. The summed E-state index contributed by atoms with van der Waals surface area (Å²) in [7, 11) is 0. The fraction of sp³-hybridized carbons (Fsp3) is 0.611. The van der Waals surface area contributed by atoms with Crippen LogP contribution in [0.4, 0.5) is 4.39 Å². The minimum Gasteiger partial charge on any atom is -0.372 e. The third-order valence-electron chi connectivity index (χ3n) is 5.40. The van der Waals surface area contributed by atoms with Gasteiger partial charge < -0.3 is 14.5 Å². The second-order valence-corrected chi connectivity index (χ2v) is 7.17. The summed E-state index contributed by atoms with van der Waals surface area (Å²) in [6.07, 6.45) is 3.71. The summed E-state index contributed by atoms with van der Waals surface area (Å²) in [4.78, 5) is 32.1. The molecule has 4 rings (SSSR count). The molecule has 3 atom stereocenters. The van der Waals surface area contributed by atoms with Crippen LogP contribution in [-0.4, -0.2) is 65.0 Å². The molecule has 0 saturated carbocycles. The van der Waals surface area contributed by atoms with Crippen LogP contribution in [0.2, 0.25) is 0 Å². The zero-order chi connectivity index (χ0) is 17.4. The molecule has 0 N–H and O–H groups in total. The number of rotatable bonds is 4. The second kappa shape index (κ2) is 6.71. The highest BCUT2D eigenvalue weighted by molar-refractivity contribution is 5.79. The van der Waals surface area contributed by atoms with Crippen molar-refractivity contribution in [1.29, 1.82) is 0 Å². The molecule has 134 valence electrons. The highest BCUT2D eigenvalue weighted by Gasteiger charge is 2.44. The Labute approximate surface area is 145 Å². The van der Waals surface area contributed by atoms with Crippen molar-refractivity contribution in [3.63, 3.8) is 0 Å². The molecule has 0 spiro atoms. The molecule has 0 aliphatic carbocycles. The summed E-state index contributed by atoms with van der Waals surface area (Å²) in [5.74, 6) is 0.0790. The molecule has 1 aromatic heterocycles. The molecule has 6 nitrogen and oxygen atoms in total. The maximum atomic E-state index is 12.9. The van der Waals surface area contributed by atoms with Crippen LogP contribution in [0.1, 0.15) is 25.0 Å². The van der Waals surface area contributed by atoms with Gasteiger partial charge in [0.2, 0.25) is 11.8 Å². The SMILES string of the molecule is O=C(C[C@@H]1C[C@H]2CN(C(=O)Cc3ccc(F)cn3)C[C@H]2O1)N1CCC1. The average molecular weight is 347 g/mol. The van der Waals surface area contributed by atoms with E-state index in [-0.39, 0.29) is 30.4 Å². The Morgan fingerprint density at radius 2 is 2.04 bits per heavy atom. The maximum Gasteiger partial charge on any atom is 0.228 e. The van der Waals surface area contributed by atoms with Crippen LogP contribution >= 0.6 is 0 Å². The van der Waals surface area contributed by atoms with Gasteiger partial charge in [-0.25, -0.2) is 4.39 Å². The Hall–Kier alpha value is -2.02. The van der Waals surface area contributed by atoms with Crippen LogP contribution in [0.25, 0.3) is 0 Å². The van der Waals surface area contributed by atoms with Crippen LogP contribution in [0.5, 0.6) is 0 Å². The molecule has 0 bridgehead atoms. The number of carbonyl (C=O) groups is 2. The molecule has 2 amide bonds. The number of pyridine rings is 1. The van der Waals surface area contributed by atoms with E-state index in [4.69, 9.17) is 4.74 Å². The zero-order valence-electron chi connectivity index (χ0n) is 14.1. The van der Waals surface area contributed by atoms with E-state index in [0.29, 0.717) is 31.1 Å². The van der Waals surface area contributed by atoms with Gasteiger partial charge in [-0.3, -0.25) is 14.6 Å². The third kappa shape index (κ3) is 3.51. The molecule has 3 saturated heterocycles. The van der Waals surface area contributed by atoms with E-state index in [1.165, 1.54) is 12.1 Å². The Balaban J connectivity index is 1.26. The lowest BCUT2D eigenvalue weighted by atomic mass is 10.0. The van der Waals surface area contributed by atoms with Gasteiger partial charge in [0.05, 0.1) is 31.2 Å². The zero-order valence-corrected chi connectivity index (χ0v) is 14.1. The number of aromatic nitrogens is 1. The van der Waals surface area contributed by atoms with E-state index < -0.39 is 5.82 Å². The second-order valence-electron chi connectivity index (χ2n) is 7.17. The van der Waals surface area contributed by atoms with E-state index in [0.717, 1.165) is 32.1 Å². The van der Waals surface area contributed by atoms with Crippen LogP contribution in [0.3, 0.4) is 0 Å². The fourth-order valence-electron chi connectivity index (χ4n) is 3.86. The molecule has 0 unspecified atom stereocenters. The summed E-state index contributed by atoms with van der Waals surface area (Å²) in [6.45, 7) is 2.98. The number of halogens is 1. The summed E-state index contributed by atoms with van der Waals surface area (Å²) < 4.78 is 18.9. The van der Waals surface area contributed by atoms with Crippen molar-refractivity contribution >= 4 is 11.8 Å². The molecule has 3 aliphatic heterocycles. The van der Waals surface area contributed by atoms with Gasteiger partial charge in [-0.15, -0.1) is 0 Å². The van der Waals surface area contributed by atoms with Gasteiger partial charge in [-0.2, -0.15) is 0 Å². The molecule has 4 heterocycles. The van der Waals surface area contributed by atoms with E-state index in [1.54, 1.807) is 4.90 Å². The largest absolute Gasteiger partial charge is 0.372 e. The predicted molar refractivity (Wildman–Crippen MR) is 87.1 cm³/mol. The lowest BCUT2D eigenvalue weighted by molar-refractivity contribution is -0.138. The third-order valence-corrected chi connectivity index (χ3v) is 5.40. The van der Waals surface area contributed by atoms with E-state index in [1.807, 2.05) is 4.90 Å². The van der Waals surface area contributed by atoms with E-state index in [2.05, 4.69) is 4.98 Å². The summed E-state index contributed by atoms with van der Waals surface area (Å²) >= 11 is 0. The molecule has 3 aliphatic rings. The quantitative estimate of drug-likeness (QED) is 0.815. The van der Waals surface area contributed by atoms with Crippen LogP contribution in [-0.2, 0) is 20.7 Å². The number of hydrogen-bond acceptors (Lipinski definition) is 4. The Morgan fingerprint density at radius 1 is 1.20 bits per heavy atom. The highest BCUT2D eigenvalue weighted by atomic mass is 19.1. The van der Waals surface area contributed by atoms with Gasteiger partial charge in [-0.1, -0.05) is 0 Å². The number of fused-ring (bicyclic) bond motifs is 1. The van der Waals surface area contributed by atoms with Crippen LogP contribution < -0.4 is 0 Å². The monoisotopic (exact) mass is 347 g/mol. The lowest BCUT2D eigenvalue weighted by Crippen LogP contribution is -2.43. The first-order valence-electron chi connectivity index (χ1n) is 8.90. The minimum atomic E-state index is -0.404. The number of nitrogens with zero attached hydrogens (tertiary/aromatic N) is 3. The first-order chi connectivity index (χ1) is 12.1. The van der Waals surface area contributed by atoms with Crippen molar-refractivity contribution in [2.75, 3.05) is 26.2 Å². The molecule has 7 heteroatoms. The number of carbonyl (C=O) groups excluding carboxylic acids is 2. The van der Waals surface area contributed by atoms with Gasteiger partial charge in [0, 0.05) is 37.8 Å². The Kier molecular flexibility index (Phi) is 4.41. The Bertz CT molecular complexity index is 648. The average Bonchev–Trinajstić information content (AvgIpc) is 3.06. The summed E-state index contributed by atoms with van der Waals surface area (Å²) in [5, 5.41) is 0. The number of likely N-dealkylation sites (tertiary alicyclic amines) is 2. The van der Waals surface area contributed by atoms with Crippen LogP contribution in [0.15, 0.2) is 18.3 Å². The maximum absolute atomic E-state index is 12.9. The smallest absolute Gasteiger partial charge is 0.228 e. The molecule has 1 aromatic rings. The van der Waals surface area contributed by atoms with Crippen molar-refractivity contribution < 1.29 is 18.7 Å². The molecule has 0 radical (unpaired) electrons. The van der Waals surface area contributed by atoms with Crippen molar-refractivity contribution in [3.05, 3.63) is 29.8 Å². The number of ether oxygens (including phenoxy) is 1. The van der Waals surface area contributed by atoms with Gasteiger partial charge >= 0.3 is 0 Å². The molecule has 25 heavy (non-hydrogen) atoms. The predicted octanol–water partition coefficient (Wildman–Crippen LogP) is 1.00. The van der Waals surface area contributed by atoms with Gasteiger partial charge in [-0.05, 0) is 25.0 Å². The van der Waals surface area contributed by atoms with Crippen molar-refractivity contribution in [1.82, 2.24) is 14.8 Å². The first-order valence-corrected chi connectivity index (χ1v) is 8.90. The van der Waals surface area contributed by atoms with E-state index in [9.17, 15) is 14.0 Å². The van der Waals surface area contributed by atoms with Crippen molar-refractivity contribution in [2.45, 2.75) is 37.9 Å². The Morgan fingerprint density at radius 3 is 2.68 bits per heavy atom. The molecular formula is C18H22FN3O3. The normalized spacial score (nSPS) is 28.0. The highest BCUT2D eigenvalue weighted by Crippen LogP contribution is 2.34. The standard InChI is InChI=1S/C18H22FN3O3/c19-13-2-3-14(20-9-13)7-17(23)22-10-12-6-15(25-16(12)11-22)8-18(24)21-4-1-5-21/h2-3,9,12,15-16H,1,4-8,10-11H2/t12-,15-,16+/m0/s1. The molecule has 0 aromatic carbocycles. The fourth-order valence-corrected chi connectivity index (χ4v) is 3.86. The first kappa shape index (κ1) is 16.4. The topological polar surface area (TPSA) is 62.7 Å². The van der Waals surface area contributed by atoms with Gasteiger partial charge in [0.25, 0.3) is 0 Å². The number of amides is 2. The molecule has 3 fully saturated rings. The van der Waals surface area contributed by atoms with Gasteiger partial charge in [0.15, 0.2) is 0 Å². The summed E-state index contributed by atoms with van der Waals surface area (Å²) in [6, 6.07) is 2.86. The van der Waals surface area contributed by atoms with Crippen molar-refractivity contribution in [3.8, 4) is 0 Å². The molecular weight excluding hydrogens is 325 g/mol. The van der Waals surface area contributed by atoms with Gasteiger partial charge in [0.1, 0.15) is 5.82 Å². The lowest BCUT2D eigenvalue weighted by Gasteiger charge is -2.31. The van der Waals surface area contributed by atoms with E-state index >= 15 is 0 Å². The van der Waals surface area contributed by atoms with Crippen molar-refractivity contribution in [2.24, 2.45) is 5.92 Å². The van der Waals surface area contributed by atoms with Crippen LogP contribution in [0, 0.1) is 11.7 Å². The summed E-state index contributed by atoms with van der Waals surface area (Å²) in [5.41, 5.74) is 0.572.